The number of ether oxygens (including phenoxy) is 1. The topological polar surface area (TPSA) is 51.2 Å². The Balaban J connectivity index is 1.92. The average Bonchev–Trinajstić information content (AvgIpc) is 2.52. The van der Waals surface area contributed by atoms with Crippen LogP contribution < -0.4 is 10.1 Å². The lowest BCUT2D eigenvalue weighted by atomic mass is 10.2. The molecule has 22 heavy (non-hydrogen) atoms. The molecular formula is C17H17ClN2O2. The normalized spacial score (nSPS) is 10.6. The van der Waals surface area contributed by atoms with E-state index in [-0.39, 0.29) is 5.91 Å². The SMILES string of the molecule is CCCOc1ccc(/C=C/C(=O)Nc2ccnc(Cl)c2)cc1. The molecule has 4 nitrogen and oxygen atoms in total. The van der Waals surface area contributed by atoms with Crippen molar-refractivity contribution in [3.8, 4) is 5.75 Å². The molecule has 114 valence electrons. The van der Waals surface area contributed by atoms with E-state index in [9.17, 15) is 4.79 Å². The number of nitrogens with zero attached hydrogens (tertiary/aromatic N) is 1. The molecule has 2 aromatic rings. The van der Waals surface area contributed by atoms with E-state index in [0.29, 0.717) is 17.4 Å². The number of benzene rings is 1. The number of rotatable bonds is 6. The first-order chi connectivity index (χ1) is 10.7. The van der Waals surface area contributed by atoms with Crippen molar-refractivity contribution >= 4 is 29.3 Å². The summed E-state index contributed by atoms with van der Waals surface area (Å²) in [6, 6.07) is 10.8. The lowest BCUT2D eigenvalue weighted by molar-refractivity contribution is -0.111. The molecule has 0 aliphatic carbocycles. The van der Waals surface area contributed by atoms with Gasteiger partial charge in [0.1, 0.15) is 10.9 Å². The third kappa shape index (κ3) is 5.22. The van der Waals surface area contributed by atoms with Crippen molar-refractivity contribution in [1.29, 1.82) is 0 Å². The summed E-state index contributed by atoms with van der Waals surface area (Å²) in [5.41, 5.74) is 1.53. The number of carbonyl (C=O) groups is 1. The number of hydrogen-bond acceptors (Lipinski definition) is 3. The summed E-state index contributed by atoms with van der Waals surface area (Å²) in [5.74, 6) is 0.600. The highest BCUT2D eigenvalue weighted by atomic mass is 35.5. The number of halogens is 1. The van der Waals surface area contributed by atoms with Crippen molar-refractivity contribution in [3.63, 3.8) is 0 Å². The predicted molar refractivity (Wildman–Crippen MR) is 89.1 cm³/mol. The predicted octanol–water partition coefficient (Wildman–Crippen LogP) is 4.18. The zero-order valence-electron chi connectivity index (χ0n) is 12.3. The van der Waals surface area contributed by atoms with Crippen molar-refractivity contribution in [1.82, 2.24) is 4.98 Å². The van der Waals surface area contributed by atoms with Crippen LogP contribution in [0.15, 0.2) is 48.7 Å². The van der Waals surface area contributed by atoms with E-state index < -0.39 is 0 Å². The van der Waals surface area contributed by atoms with Crippen molar-refractivity contribution in [3.05, 3.63) is 59.4 Å². The molecule has 0 fully saturated rings. The standard InChI is InChI=1S/C17H17ClN2O2/c1-2-11-22-15-6-3-13(4-7-15)5-8-17(21)20-14-9-10-19-16(18)12-14/h3-10,12H,2,11H2,1H3,(H,19,20,21)/b8-5+. The molecule has 0 atom stereocenters. The Hall–Kier alpha value is -2.33. The Morgan fingerprint density at radius 2 is 2.09 bits per heavy atom. The Morgan fingerprint density at radius 1 is 1.32 bits per heavy atom. The largest absolute Gasteiger partial charge is 0.494 e. The van der Waals surface area contributed by atoms with Gasteiger partial charge in [0.15, 0.2) is 0 Å². The third-order valence-electron chi connectivity index (χ3n) is 2.77. The molecule has 1 N–H and O–H groups in total. The summed E-state index contributed by atoms with van der Waals surface area (Å²) in [6.07, 6.45) is 5.72. The van der Waals surface area contributed by atoms with Crippen LogP contribution >= 0.6 is 11.6 Å². The first kappa shape index (κ1) is 16.0. The molecule has 0 aliphatic rings. The zero-order valence-corrected chi connectivity index (χ0v) is 13.0. The molecule has 1 aromatic heterocycles. The Morgan fingerprint density at radius 3 is 2.77 bits per heavy atom. The van der Waals surface area contributed by atoms with Gasteiger partial charge in [-0.15, -0.1) is 0 Å². The second-order valence-corrected chi connectivity index (χ2v) is 4.99. The van der Waals surface area contributed by atoms with Gasteiger partial charge in [-0.2, -0.15) is 0 Å². The van der Waals surface area contributed by atoms with Crippen LogP contribution in [0.5, 0.6) is 5.75 Å². The van der Waals surface area contributed by atoms with Crippen molar-refractivity contribution in [2.75, 3.05) is 11.9 Å². The number of amides is 1. The average molecular weight is 317 g/mol. The molecular weight excluding hydrogens is 300 g/mol. The molecule has 0 saturated carbocycles. The summed E-state index contributed by atoms with van der Waals surface area (Å²) in [5, 5.41) is 3.05. The number of carbonyl (C=O) groups excluding carboxylic acids is 1. The van der Waals surface area contributed by atoms with E-state index in [0.717, 1.165) is 17.7 Å². The molecule has 2 rings (SSSR count). The first-order valence-corrected chi connectivity index (χ1v) is 7.38. The van der Waals surface area contributed by atoms with E-state index >= 15 is 0 Å². The summed E-state index contributed by atoms with van der Waals surface area (Å²) in [4.78, 5) is 15.7. The molecule has 0 spiro atoms. The van der Waals surface area contributed by atoms with Gasteiger partial charge in [0.2, 0.25) is 5.91 Å². The van der Waals surface area contributed by atoms with Gasteiger partial charge in [-0.1, -0.05) is 30.7 Å². The van der Waals surface area contributed by atoms with Gasteiger partial charge in [0, 0.05) is 18.0 Å². The fourth-order valence-electron chi connectivity index (χ4n) is 1.73. The Labute approximate surface area is 134 Å². The summed E-state index contributed by atoms with van der Waals surface area (Å²) in [6.45, 7) is 2.76. The summed E-state index contributed by atoms with van der Waals surface area (Å²) < 4.78 is 5.50. The molecule has 1 aromatic carbocycles. The third-order valence-corrected chi connectivity index (χ3v) is 2.98. The van der Waals surface area contributed by atoms with Gasteiger partial charge in [-0.3, -0.25) is 4.79 Å². The summed E-state index contributed by atoms with van der Waals surface area (Å²) in [7, 11) is 0. The van der Waals surface area contributed by atoms with Crippen molar-refractivity contribution in [2.24, 2.45) is 0 Å². The number of aromatic nitrogens is 1. The van der Waals surface area contributed by atoms with Crippen LogP contribution in [-0.4, -0.2) is 17.5 Å². The second kappa shape index (κ2) is 8.20. The molecule has 5 heteroatoms. The second-order valence-electron chi connectivity index (χ2n) is 4.61. The van der Waals surface area contributed by atoms with Gasteiger partial charge in [0.05, 0.1) is 6.61 Å². The highest BCUT2D eigenvalue weighted by Gasteiger charge is 1.99. The van der Waals surface area contributed by atoms with E-state index in [1.54, 1.807) is 18.2 Å². The van der Waals surface area contributed by atoms with E-state index in [2.05, 4.69) is 17.2 Å². The van der Waals surface area contributed by atoms with Crippen LogP contribution in [0.1, 0.15) is 18.9 Å². The van der Waals surface area contributed by atoms with Crippen LogP contribution in [0.4, 0.5) is 5.69 Å². The number of pyridine rings is 1. The lowest BCUT2D eigenvalue weighted by Crippen LogP contribution is -2.07. The van der Waals surface area contributed by atoms with Gasteiger partial charge < -0.3 is 10.1 Å². The van der Waals surface area contributed by atoms with Gasteiger partial charge in [-0.25, -0.2) is 4.98 Å². The first-order valence-electron chi connectivity index (χ1n) is 7.01. The molecule has 0 bridgehead atoms. The van der Waals surface area contributed by atoms with Gasteiger partial charge in [0.25, 0.3) is 0 Å². The minimum Gasteiger partial charge on any atom is -0.494 e. The van der Waals surface area contributed by atoms with Crippen LogP contribution in [0.2, 0.25) is 5.15 Å². The zero-order chi connectivity index (χ0) is 15.8. The maximum atomic E-state index is 11.8. The molecule has 1 heterocycles. The van der Waals surface area contributed by atoms with Crippen LogP contribution in [0.25, 0.3) is 6.08 Å². The van der Waals surface area contributed by atoms with E-state index in [4.69, 9.17) is 16.3 Å². The minimum atomic E-state index is -0.228. The van der Waals surface area contributed by atoms with Crippen LogP contribution in [0.3, 0.4) is 0 Å². The molecule has 1 amide bonds. The maximum Gasteiger partial charge on any atom is 0.248 e. The smallest absolute Gasteiger partial charge is 0.248 e. The Bertz CT molecular complexity index is 654. The highest BCUT2D eigenvalue weighted by Crippen LogP contribution is 2.14. The number of nitrogens with one attached hydrogen (secondary N) is 1. The summed E-state index contributed by atoms with van der Waals surface area (Å²) >= 11 is 5.76. The molecule has 0 radical (unpaired) electrons. The highest BCUT2D eigenvalue weighted by molar-refractivity contribution is 6.29. The lowest BCUT2D eigenvalue weighted by Gasteiger charge is -2.04. The monoisotopic (exact) mass is 316 g/mol. The fourth-order valence-corrected chi connectivity index (χ4v) is 1.91. The Kier molecular flexibility index (Phi) is 5.98. The van der Waals surface area contributed by atoms with Crippen molar-refractivity contribution in [2.45, 2.75) is 13.3 Å². The van der Waals surface area contributed by atoms with Crippen molar-refractivity contribution < 1.29 is 9.53 Å². The van der Waals surface area contributed by atoms with E-state index in [1.807, 2.05) is 24.3 Å². The maximum absolute atomic E-state index is 11.8. The van der Waals surface area contributed by atoms with Gasteiger partial charge >= 0.3 is 0 Å². The minimum absolute atomic E-state index is 0.228. The fraction of sp³-hybridized carbons (Fsp3) is 0.176. The molecule has 0 unspecified atom stereocenters. The quantitative estimate of drug-likeness (QED) is 0.642. The number of anilines is 1. The molecule has 0 saturated heterocycles. The van der Waals surface area contributed by atoms with E-state index in [1.165, 1.54) is 12.3 Å². The van der Waals surface area contributed by atoms with Gasteiger partial charge in [-0.05, 0) is 42.3 Å². The van der Waals surface area contributed by atoms with Crippen LogP contribution in [0, 0.1) is 0 Å². The number of hydrogen-bond donors (Lipinski definition) is 1. The van der Waals surface area contributed by atoms with Crippen LogP contribution in [-0.2, 0) is 4.79 Å². The molecule has 0 aliphatic heterocycles.